The third-order valence-electron chi connectivity index (χ3n) is 3.91. The predicted octanol–water partition coefficient (Wildman–Crippen LogP) is 0.852. The molecule has 0 saturated carbocycles. The molecule has 2 atom stereocenters. The Morgan fingerprint density at radius 3 is 2.52 bits per heavy atom. The van der Waals surface area contributed by atoms with Crippen LogP contribution in [0.2, 0.25) is 0 Å². The van der Waals surface area contributed by atoms with Crippen LogP contribution in [0.1, 0.15) is 25.3 Å². The van der Waals surface area contributed by atoms with Crippen molar-refractivity contribution >= 4 is 21.6 Å². The van der Waals surface area contributed by atoms with Crippen LogP contribution in [0.4, 0.5) is 5.69 Å². The van der Waals surface area contributed by atoms with Gasteiger partial charge in [-0.3, -0.25) is 4.79 Å². The summed E-state index contributed by atoms with van der Waals surface area (Å²) in [5.41, 5.74) is 12.3. The van der Waals surface area contributed by atoms with Gasteiger partial charge in [0.1, 0.15) is 0 Å². The molecule has 1 amide bonds. The molecule has 6 nitrogen and oxygen atoms in total. The van der Waals surface area contributed by atoms with Crippen molar-refractivity contribution in [2.24, 2.45) is 11.7 Å². The quantitative estimate of drug-likeness (QED) is 0.807. The Kier molecular flexibility index (Phi) is 4.25. The van der Waals surface area contributed by atoms with E-state index in [1.165, 1.54) is 10.4 Å². The van der Waals surface area contributed by atoms with Gasteiger partial charge in [-0.25, -0.2) is 8.42 Å². The van der Waals surface area contributed by atoms with Gasteiger partial charge in [0.25, 0.3) is 0 Å². The maximum Gasteiger partial charge on any atom is 0.243 e. The average Bonchev–Trinajstić information content (AvgIpc) is 2.37. The van der Waals surface area contributed by atoms with E-state index in [-0.39, 0.29) is 17.5 Å². The van der Waals surface area contributed by atoms with Crippen LogP contribution in [0.25, 0.3) is 0 Å². The second kappa shape index (κ2) is 5.65. The van der Waals surface area contributed by atoms with Crippen LogP contribution in [-0.4, -0.2) is 31.2 Å². The van der Waals surface area contributed by atoms with Crippen molar-refractivity contribution in [3.63, 3.8) is 0 Å². The number of sulfonamides is 1. The van der Waals surface area contributed by atoms with Gasteiger partial charge >= 0.3 is 0 Å². The third kappa shape index (κ3) is 3.19. The van der Waals surface area contributed by atoms with E-state index in [4.69, 9.17) is 11.5 Å². The Hall–Kier alpha value is -1.60. The maximum absolute atomic E-state index is 12.8. The first-order chi connectivity index (χ1) is 9.71. The SMILES string of the molecule is Cc1cc(N)cc(S(=O)(=O)N2CC(C(N)=O)CCC2C)c1. The summed E-state index contributed by atoms with van der Waals surface area (Å²) in [4.78, 5) is 11.5. The molecule has 0 aliphatic carbocycles. The van der Waals surface area contributed by atoms with Gasteiger partial charge in [0.15, 0.2) is 0 Å². The minimum atomic E-state index is -3.68. The van der Waals surface area contributed by atoms with Crippen molar-refractivity contribution in [3.05, 3.63) is 23.8 Å². The number of primary amides is 1. The zero-order valence-electron chi connectivity index (χ0n) is 12.2. The molecule has 1 heterocycles. The molecule has 116 valence electrons. The molecule has 4 N–H and O–H groups in total. The molecular weight excluding hydrogens is 290 g/mol. The lowest BCUT2D eigenvalue weighted by Gasteiger charge is -2.35. The molecule has 7 heteroatoms. The number of carbonyl (C=O) groups is 1. The number of nitrogens with zero attached hydrogens (tertiary/aromatic N) is 1. The summed E-state index contributed by atoms with van der Waals surface area (Å²) in [5, 5.41) is 0. The molecule has 21 heavy (non-hydrogen) atoms. The average molecular weight is 311 g/mol. The van der Waals surface area contributed by atoms with E-state index < -0.39 is 21.8 Å². The van der Waals surface area contributed by atoms with E-state index in [1.807, 2.05) is 6.92 Å². The Balaban J connectivity index is 2.39. The van der Waals surface area contributed by atoms with Gasteiger partial charge in [-0.05, 0) is 50.5 Å². The fourth-order valence-electron chi connectivity index (χ4n) is 2.70. The lowest BCUT2D eigenvalue weighted by atomic mass is 9.95. The molecule has 2 unspecified atom stereocenters. The highest BCUT2D eigenvalue weighted by Gasteiger charge is 2.36. The first kappa shape index (κ1) is 15.8. The predicted molar refractivity (Wildman–Crippen MR) is 80.9 cm³/mol. The fourth-order valence-corrected chi connectivity index (χ4v) is 4.55. The van der Waals surface area contributed by atoms with Crippen molar-refractivity contribution in [2.75, 3.05) is 12.3 Å². The van der Waals surface area contributed by atoms with Crippen molar-refractivity contribution in [3.8, 4) is 0 Å². The van der Waals surface area contributed by atoms with E-state index in [1.54, 1.807) is 19.1 Å². The number of piperidine rings is 1. The van der Waals surface area contributed by atoms with Crippen LogP contribution in [-0.2, 0) is 14.8 Å². The molecule has 0 spiro atoms. The van der Waals surface area contributed by atoms with Crippen LogP contribution in [0.3, 0.4) is 0 Å². The number of carbonyl (C=O) groups excluding carboxylic acids is 1. The summed E-state index contributed by atoms with van der Waals surface area (Å²) in [5.74, 6) is -0.885. The van der Waals surface area contributed by atoms with Crippen LogP contribution < -0.4 is 11.5 Å². The molecule has 1 saturated heterocycles. The number of amides is 1. The number of benzene rings is 1. The topological polar surface area (TPSA) is 106 Å². The molecule has 1 aliphatic rings. The standard InChI is InChI=1S/C14H21N3O3S/c1-9-5-12(15)7-13(6-9)21(19,20)17-8-11(14(16)18)4-3-10(17)2/h5-7,10-11H,3-4,8,15H2,1-2H3,(H2,16,18). The summed E-state index contributed by atoms with van der Waals surface area (Å²) in [6.07, 6.45) is 1.24. The Morgan fingerprint density at radius 1 is 1.29 bits per heavy atom. The first-order valence-electron chi connectivity index (χ1n) is 6.90. The van der Waals surface area contributed by atoms with E-state index >= 15 is 0 Å². The van der Waals surface area contributed by atoms with Gasteiger partial charge < -0.3 is 11.5 Å². The summed E-state index contributed by atoms with van der Waals surface area (Å²) in [6, 6.07) is 4.59. The third-order valence-corrected chi connectivity index (χ3v) is 5.86. The number of nitrogen functional groups attached to an aromatic ring is 1. The Labute approximate surface area is 125 Å². The molecule has 0 bridgehead atoms. The molecular formula is C14H21N3O3S. The first-order valence-corrected chi connectivity index (χ1v) is 8.34. The molecule has 0 radical (unpaired) electrons. The van der Waals surface area contributed by atoms with Crippen molar-refractivity contribution in [2.45, 2.75) is 37.6 Å². The molecule has 1 aliphatic heterocycles. The second-order valence-electron chi connectivity index (χ2n) is 5.68. The fraction of sp³-hybridized carbons (Fsp3) is 0.500. The highest BCUT2D eigenvalue weighted by atomic mass is 32.2. The number of aryl methyl sites for hydroxylation is 1. The minimum absolute atomic E-state index is 0.132. The zero-order chi connectivity index (χ0) is 15.8. The van der Waals surface area contributed by atoms with Gasteiger partial charge in [0, 0.05) is 18.3 Å². The number of rotatable bonds is 3. The molecule has 1 fully saturated rings. The van der Waals surface area contributed by atoms with Crippen LogP contribution in [0.15, 0.2) is 23.1 Å². The maximum atomic E-state index is 12.8. The molecule has 2 rings (SSSR count). The Bertz CT molecular complexity index is 637. The van der Waals surface area contributed by atoms with E-state index in [2.05, 4.69) is 0 Å². The van der Waals surface area contributed by atoms with Crippen LogP contribution in [0.5, 0.6) is 0 Å². The van der Waals surface area contributed by atoms with E-state index in [0.717, 1.165) is 5.56 Å². The largest absolute Gasteiger partial charge is 0.399 e. The highest BCUT2D eigenvalue weighted by molar-refractivity contribution is 7.89. The highest BCUT2D eigenvalue weighted by Crippen LogP contribution is 2.29. The number of nitrogens with two attached hydrogens (primary N) is 2. The van der Waals surface area contributed by atoms with E-state index in [0.29, 0.717) is 18.5 Å². The zero-order valence-corrected chi connectivity index (χ0v) is 13.1. The monoisotopic (exact) mass is 311 g/mol. The van der Waals surface area contributed by atoms with E-state index in [9.17, 15) is 13.2 Å². The lowest BCUT2D eigenvalue weighted by molar-refractivity contribution is -0.123. The van der Waals surface area contributed by atoms with Crippen LogP contribution in [0, 0.1) is 12.8 Å². The normalized spacial score (nSPS) is 23.9. The van der Waals surface area contributed by atoms with Gasteiger partial charge in [-0.1, -0.05) is 0 Å². The summed E-state index contributed by atoms with van der Waals surface area (Å²) in [7, 11) is -3.68. The van der Waals surface area contributed by atoms with Gasteiger partial charge in [0.05, 0.1) is 10.8 Å². The molecule has 1 aromatic carbocycles. The molecule has 1 aromatic rings. The van der Waals surface area contributed by atoms with Gasteiger partial charge in [-0.15, -0.1) is 0 Å². The lowest BCUT2D eigenvalue weighted by Crippen LogP contribution is -2.48. The summed E-state index contributed by atoms with van der Waals surface area (Å²) >= 11 is 0. The smallest absolute Gasteiger partial charge is 0.243 e. The van der Waals surface area contributed by atoms with Crippen LogP contribution >= 0.6 is 0 Å². The Morgan fingerprint density at radius 2 is 1.95 bits per heavy atom. The summed E-state index contributed by atoms with van der Waals surface area (Å²) in [6.45, 7) is 3.77. The van der Waals surface area contributed by atoms with Crippen molar-refractivity contribution < 1.29 is 13.2 Å². The minimum Gasteiger partial charge on any atom is -0.399 e. The van der Waals surface area contributed by atoms with Crippen molar-refractivity contribution in [1.82, 2.24) is 4.31 Å². The second-order valence-corrected chi connectivity index (χ2v) is 7.57. The van der Waals surface area contributed by atoms with Gasteiger partial charge in [0.2, 0.25) is 15.9 Å². The number of hydrogen-bond donors (Lipinski definition) is 2. The van der Waals surface area contributed by atoms with Gasteiger partial charge in [-0.2, -0.15) is 4.31 Å². The molecule has 0 aromatic heterocycles. The summed E-state index contributed by atoms with van der Waals surface area (Å²) < 4.78 is 26.9. The number of hydrogen-bond acceptors (Lipinski definition) is 4. The number of anilines is 1. The van der Waals surface area contributed by atoms with Crippen molar-refractivity contribution in [1.29, 1.82) is 0 Å².